The van der Waals surface area contributed by atoms with Gasteiger partial charge in [0.1, 0.15) is 0 Å². The summed E-state index contributed by atoms with van der Waals surface area (Å²) >= 11 is 7.53. The van der Waals surface area contributed by atoms with Crippen molar-refractivity contribution in [2.24, 2.45) is 11.1 Å². The number of hydrogen-bond acceptors (Lipinski definition) is 3. The molecule has 1 fully saturated rings. The Morgan fingerprint density at radius 1 is 1.33 bits per heavy atom. The van der Waals surface area contributed by atoms with Gasteiger partial charge in [0, 0.05) is 18.0 Å². The third-order valence-corrected chi connectivity index (χ3v) is 5.77. The predicted molar refractivity (Wildman–Crippen MR) is 89.6 cm³/mol. The summed E-state index contributed by atoms with van der Waals surface area (Å²) in [7, 11) is 0. The lowest BCUT2D eigenvalue weighted by molar-refractivity contribution is -0.143. The molecule has 0 bridgehead atoms. The van der Waals surface area contributed by atoms with Crippen LogP contribution in [0, 0.1) is 5.41 Å². The van der Waals surface area contributed by atoms with E-state index >= 15 is 0 Å². The lowest BCUT2D eigenvalue weighted by Gasteiger charge is -2.35. The number of hydrogen-bond donors (Lipinski definition) is 1. The molecule has 1 aromatic rings. The third kappa shape index (κ3) is 3.99. The lowest BCUT2D eigenvalue weighted by Crippen LogP contribution is -2.47. The maximum absolute atomic E-state index is 13.1. The van der Waals surface area contributed by atoms with Gasteiger partial charge in [-0.2, -0.15) is 0 Å². The number of nitrogens with two attached hydrogens (primary N) is 1. The molecule has 0 radical (unpaired) electrons. The monoisotopic (exact) mass is 328 g/mol. The van der Waals surface area contributed by atoms with Crippen LogP contribution < -0.4 is 5.73 Å². The molecule has 0 aromatic carbocycles. The van der Waals surface area contributed by atoms with Crippen LogP contribution in [0.5, 0.6) is 0 Å². The summed E-state index contributed by atoms with van der Waals surface area (Å²) in [6.07, 6.45) is 6.55. The Labute approximate surface area is 136 Å². The predicted octanol–water partition coefficient (Wildman–Crippen LogP) is 4.05. The van der Waals surface area contributed by atoms with Crippen molar-refractivity contribution < 1.29 is 4.79 Å². The molecule has 1 aliphatic rings. The van der Waals surface area contributed by atoms with E-state index in [0.717, 1.165) is 41.4 Å². The summed E-state index contributed by atoms with van der Waals surface area (Å²) in [5, 5.41) is 0. The average Bonchev–Trinajstić information content (AvgIpc) is 2.77. The number of carbonyl (C=O) groups excluding carboxylic acids is 1. The van der Waals surface area contributed by atoms with Gasteiger partial charge in [-0.3, -0.25) is 4.79 Å². The zero-order valence-corrected chi connectivity index (χ0v) is 14.3. The Morgan fingerprint density at radius 2 is 2.00 bits per heavy atom. The van der Waals surface area contributed by atoms with Crippen LogP contribution in [-0.4, -0.2) is 23.9 Å². The second-order valence-corrected chi connectivity index (χ2v) is 7.72. The van der Waals surface area contributed by atoms with E-state index in [2.05, 4.69) is 0 Å². The summed E-state index contributed by atoms with van der Waals surface area (Å²) in [6, 6.07) is 3.90. The summed E-state index contributed by atoms with van der Waals surface area (Å²) in [5.74, 6) is 0.235. The van der Waals surface area contributed by atoms with Crippen molar-refractivity contribution in [3.05, 3.63) is 21.3 Å². The van der Waals surface area contributed by atoms with E-state index in [1.54, 1.807) is 11.3 Å². The van der Waals surface area contributed by atoms with Gasteiger partial charge in [-0.1, -0.05) is 37.3 Å². The van der Waals surface area contributed by atoms with E-state index in [9.17, 15) is 4.79 Å². The fraction of sp³-hybridized carbons (Fsp3) is 0.688. The van der Waals surface area contributed by atoms with E-state index in [1.165, 1.54) is 12.8 Å². The maximum atomic E-state index is 13.1. The first-order valence-electron chi connectivity index (χ1n) is 7.85. The normalized spacial score (nSPS) is 18.2. The fourth-order valence-corrected chi connectivity index (χ4v) is 4.30. The highest BCUT2D eigenvalue weighted by molar-refractivity contribution is 7.16. The van der Waals surface area contributed by atoms with E-state index in [4.69, 9.17) is 17.3 Å². The smallest absolute Gasteiger partial charge is 0.230 e. The van der Waals surface area contributed by atoms with E-state index in [1.807, 2.05) is 24.0 Å². The first-order chi connectivity index (χ1) is 10.1. The summed E-state index contributed by atoms with van der Waals surface area (Å²) in [6.45, 7) is 3.87. The van der Waals surface area contributed by atoms with Gasteiger partial charge in [-0.25, -0.2) is 0 Å². The van der Waals surface area contributed by atoms with Gasteiger partial charge in [-0.15, -0.1) is 11.3 Å². The average molecular weight is 329 g/mol. The van der Waals surface area contributed by atoms with Crippen molar-refractivity contribution >= 4 is 28.8 Å². The van der Waals surface area contributed by atoms with Crippen LogP contribution in [0.1, 0.15) is 50.3 Å². The molecule has 21 heavy (non-hydrogen) atoms. The molecular weight excluding hydrogens is 304 g/mol. The molecule has 0 aliphatic heterocycles. The summed E-state index contributed by atoms with van der Waals surface area (Å²) in [5.41, 5.74) is 5.69. The molecule has 0 atom stereocenters. The van der Waals surface area contributed by atoms with Crippen LogP contribution in [-0.2, 0) is 11.3 Å². The van der Waals surface area contributed by atoms with Gasteiger partial charge in [0.2, 0.25) is 5.91 Å². The number of amides is 1. The minimum absolute atomic E-state index is 0.235. The van der Waals surface area contributed by atoms with Crippen LogP contribution >= 0.6 is 22.9 Å². The molecule has 118 valence electrons. The highest BCUT2D eigenvalue weighted by Gasteiger charge is 2.39. The molecule has 2 rings (SSSR count). The Hall–Kier alpha value is -0.580. The highest BCUT2D eigenvalue weighted by Crippen LogP contribution is 2.36. The maximum Gasteiger partial charge on any atom is 0.230 e. The van der Waals surface area contributed by atoms with Crippen molar-refractivity contribution in [1.29, 1.82) is 0 Å². The van der Waals surface area contributed by atoms with Gasteiger partial charge in [0.05, 0.1) is 16.3 Å². The van der Waals surface area contributed by atoms with Crippen LogP contribution in [0.4, 0.5) is 0 Å². The van der Waals surface area contributed by atoms with E-state index in [0.29, 0.717) is 13.1 Å². The first-order valence-corrected chi connectivity index (χ1v) is 9.04. The summed E-state index contributed by atoms with van der Waals surface area (Å²) in [4.78, 5) is 16.1. The Kier molecular flexibility index (Phi) is 6.08. The first kappa shape index (κ1) is 16.8. The Morgan fingerprint density at radius 3 is 2.48 bits per heavy atom. The molecule has 3 nitrogen and oxygen atoms in total. The zero-order chi connectivity index (χ0) is 15.3. The highest BCUT2D eigenvalue weighted by atomic mass is 35.5. The van der Waals surface area contributed by atoms with Gasteiger partial charge in [0.25, 0.3) is 0 Å². The van der Waals surface area contributed by atoms with Crippen molar-refractivity contribution in [3.63, 3.8) is 0 Å². The Bertz CT molecular complexity index is 467. The van der Waals surface area contributed by atoms with Crippen molar-refractivity contribution in [3.8, 4) is 0 Å². The molecule has 1 saturated carbocycles. The minimum Gasteiger partial charge on any atom is -0.337 e. The third-order valence-electron chi connectivity index (χ3n) is 4.55. The quantitative estimate of drug-likeness (QED) is 0.829. The molecule has 1 amide bonds. The molecular formula is C16H25ClN2OS. The largest absolute Gasteiger partial charge is 0.337 e. The summed E-state index contributed by atoms with van der Waals surface area (Å²) < 4.78 is 0.775. The number of carbonyl (C=O) groups is 1. The fourth-order valence-electron chi connectivity index (χ4n) is 3.20. The second kappa shape index (κ2) is 7.61. The molecule has 0 spiro atoms. The van der Waals surface area contributed by atoms with Crippen molar-refractivity contribution in [1.82, 2.24) is 4.90 Å². The molecule has 0 saturated heterocycles. The van der Waals surface area contributed by atoms with Crippen molar-refractivity contribution in [2.75, 3.05) is 13.1 Å². The SMILES string of the molecule is CCN(Cc1ccc(Cl)s1)C(=O)C1(CN)CCCCCC1. The number of nitrogens with zero attached hydrogens (tertiary/aromatic N) is 1. The van der Waals surface area contributed by atoms with Gasteiger partial charge < -0.3 is 10.6 Å². The van der Waals surface area contributed by atoms with Gasteiger partial charge >= 0.3 is 0 Å². The standard InChI is InChI=1S/C16H25ClN2OS/c1-2-19(11-13-7-8-14(17)21-13)15(20)16(12-18)9-5-3-4-6-10-16/h7-8H,2-6,9-12,18H2,1H3. The van der Waals surface area contributed by atoms with Crippen LogP contribution in [0.15, 0.2) is 12.1 Å². The number of thiophene rings is 1. The number of halogens is 1. The molecule has 1 heterocycles. The number of rotatable bonds is 5. The minimum atomic E-state index is -0.340. The van der Waals surface area contributed by atoms with E-state index < -0.39 is 0 Å². The lowest BCUT2D eigenvalue weighted by atomic mass is 9.79. The van der Waals surface area contributed by atoms with Gasteiger partial charge in [0.15, 0.2) is 0 Å². The second-order valence-electron chi connectivity index (χ2n) is 5.92. The van der Waals surface area contributed by atoms with Crippen molar-refractivity contribution in [2.45, 2.75) is 52.0 Å². The molecule has 1 aromatic heterocycles. The molecule has 5 heteroatoms. The van der Waals surface area contributed by atoms with Crippen LogP contribution in [0.3, 0.4) is 0 Å². The van der Waals surface area contributed by atoms with Crippen LogP contribution in [0.25, 0.3) is 0 Å². The van der Waals surface area contributed by atoms with Gasteiger partial charge in [-0.05, 0) is 31.9 Å². The Balaban J connectivity index is 2.13. The topological polar surface area (TPSA) is 46.3 Å². The van der Waals surface area contributed by atoms with E-state index in [-0.39, 0.29) is 11.3 Å². The molecule has 0 unspecified atom stereocenters. The van der Waals surface area contributed by atoms with Crippen LogP contribution in [0.2, 0.25) is 4.34 Å². The molecule has 1 aliphatic carbocycles. The zero-order valence-electron chi connectivity index (χ0n) is 12.7. The molecule has 2 N–H and O–H groups in total.